The zero-order valence-electron chi connectivity index (χ0n) is 18.1. The molecule has 0 bridgehead atoms. The van der Waals surface area contributed by atoms with Gasteiger partial charge in [-0.15, -0.1) is 29.6 Å². The van der Waals surface area contributed by atoms with Crippen molar-refractivity contribution < 1.29 is 14.0 Å². The van der Waals surface area contributed by atoms with Gasteiger partial charge in [0.1, 0.15) is 16.2 Å². The molecule has 0 aromatic heterocycles. The van der Waals surface area contributed by atoms with Crippen LogP contribution < -0.4 is 10.6 Å². The number of carbonyl (C=O) groups excluding carboxylic acids is 2. The van der Waals surface area contributed by atoms with Gasteiger partial charge in [0, 0.05) is 17.2 Å². The maximum atomic E-state index is 13.4. The number of terminal acetylenes is 1. The van der Waals surface area contributed by atoms with E-state index in [0.29, 0.717) is 16.1 Å². The molecule has 1 fully saturated rings. The molecule has 0 aliphatic heterocycles. The zero-order chi connectivity index (χ0) is 26.2. The van der Waals surface area contributed by atoms with Gasteiger partial charge in [0.05, 0.1) is 32.8 Å². The molecular formula is C26H14Cl4FN3O2. The van der Waals surface area contributed by atoms with Crippen molar-refractivity contribution in [2.75, 3.05) is 10.6 Å². The van der Waals surface area contributed by atoms with Crippen LogP contribution in [0.1, 0.15) is 33.0 Å². The highest BCUT2D eigenvalue weighted by Gasteiger charge is 2.67. The highest BCUT2D eigenvalue weighted by molar-refractivity contribution is 6.53. The highest BCUT2D eigenvalue weighted by atomic mass is 35.5. The minimum Gasteiger partial charge on any atom is -0.326 e. The van der Waals surface area contributed by atoms with Gasteiger partial charge in [-0.2, -0.15) is 5.26 Å². The van der Waals surface area contributed by atoms with Gasteiger partial charge in [0.25, 0.3) is 5.91 Å². The molecule has 0 radical (unpaired) electrons. The molecular weight excluding hydrogens is 547 g/mol. The van der Waals surface area contributed by atoms with E-state index in [1.165, 1.54) is 24.3 Å². The number of carbonyl (C=O) groups is 2. The molecule has 0 saturated heterocycles. The summed E-state index contributed by atoms with van der Waals surface area (Å²) in [5, 5.41) is 14.9. The third-order valence-corrected chi connectivity index (χ3v) is 7.26. The number of hydrogen-bond acceptors (Lipinski definition) is 3. The zero-order valence-corrected chi connectivity index (χ0v) is 21.1. The van der Waals surface area contributed by atoms with Crippen LogP contribution >= 0.6 is 46.4 Å². The van der Waals surface area contributed by atoms with E-state index in [2.05, 4.69) is 16.6 Å². The molecule has 4 rings (SSSR count). The number of nitrogens with zero attached hydrogens (tertiary/aromatic N) is 1. The van der Waals surface area contributed by atoms with Gasteiger partial charge < -0.3 is 10.6 Å². The van der Waals surface area contributed by atoms with Crippen LogP contribution in [-0.4, -0.2) is 16.1 Å². The van der Waals surface area contributed by atoms with Crippen LogP contribution in [0.15, 0.2) is 54.6 Å². The fraction of sp³-hybridized carbons (Fsp3) is 0.115. The predicted molar refractivity (Wildman–Crippen MR) is 139 cm³/mol. The number of benzene rings is 3. The number of amides is 2. The van der Waals surface area contributed by atoms with Gasteiger partial charge in [-0.3, -0.25) is 9.59 Å². The first kappa shape index (κ1) is 25.8. The third kappa shape index (κ3) is 5.00. The Morgan fingerprint density at radius 1 is 0.972 bits per heavy atom. The Bertz CT molecular complexity index is 1490. The summed E-state index contributed by atoms with van der Waals surface area (Å²) < 4.78 is 12.0. The molecule has 2 atom stereocenters. The van der Waals surface area contributed by atoms with Crippen molar-refractivity contribution in [2.24, 2.45) is 5.92 Å². The van der Waals surface area contributed by atoms with E-state index in [1.54, 1.807) is 18.2 Å². The van der Waals surface area contributed by atoms with E-state index in [4.69, 9.17) is 52.8 Å². The molecule has 2 unspecified atom stereocenters. The van der Waals surface area contributed by atoms with Crippen LogP contribution in [-0.2, 0) is 4.79 Å². The monoisotopic (exact) mass is 559 g/mol. The second-order valence-electron chi connectivity index (χ2n) is 7.95. The van der Waals surface area contributed by atoms with Crippen LogP contribution in [0.2, 0.25) is 10.0 Å². The van der Waals surface area contributed by atoms with Crippen LogP contribution in [0.5, 0.6) is 0 Å². The van der Waals surface area contributed by atoms with Crippen LogP contribution in [0, 0.1) is 35.4 Å². The number of halogens is 5. The second kappa shape index (κ2) is 10.0. The van der Waals surface area contributed by atoms with Gasteiger partial charge >= 0.3 is 0 Å². The first-order valence-corrected chi connectivity index (χ1v) is 11.8. The second-order valence-corrected chi connectivity index (χ2v) is 10.2. The van der Waals surface area contributed by atoms with Crippen molar-refractivity contribution in [2.45, 2.75) is 10.3 Å². The van der Waals surface area contributed by atoms with Crippen molar-refractivity contribution in [1.82, 2.24) is 0 Å². The van der Waals surface area contributed by atoms with Crippen molar-refractivity contribution in [3.05, 3.63) is 92.7 Å². The van der Waals surface area contributed by atoms with Gasteiger partial charge in [-0.1, -0.05) is 35.2 Å². The minimum absolute atomic E-state index is 0.0229. The Morgan fingerprint density at radius 3 is 2.39 bits per heavy atom. The number of rotatable bonds is 5. The number of nitrogens with one attached hydrogen (secondary N) is 2. The SMILES string of the molecule is C#Cc1ccc(C2C(C(=O)Nc3ccc(Cl)c(C(=O)Nc4ccc(F)cc4C#N)c3)C2(Cl)Cl)cc1Cl. The summed E-state index contributed by atoms with van der Waals surface area (Å²) in [7, 11) is 0. The molecule has 1 saturated carbocycles. The quantitative estimate of drug-likeness (QED) is 0.267. The molecule has 10 heteroatoms. The molecule has 0 heterocycles. The Hall–Kier alpha value is -3.26. The predicted octanol–water partition coefficient (Wildman–Crippen LogP) is 6.76. The number of nitriles is 1. The van der Waals surface area contributed by atoms with E-state index in [1.807, 2.05) is 6.07 Å². The van der Waals surface area contributed by atoms with Crippen molar-refractivity contribution in [3.63, 3.8) is 0 Å². The van der Waals surface area contributed by atoms with E-state index in [9.17, 15) is 19.2 Å². The molecule has 36 heavy (non-hydrogen) atoms. The first-order chi connectivity index (χ1) is 17.1. The molecule has 1 aliphatic rings. The smallest absolute Gasteiger partial charge is 0.257 e. The molecule has 1 aliphatic carbocycles. The summed E-state index contributed by atoms with van der Waals surface area (Å²) in [5.74, 6) is -0.603. The maximum absolute atomic E-state index is 13.4. The molecule has 2 amide bonds. The van der Waals surface area contributed by atoms with E-state index >= 15 is 0 Å². The standard InChI is InChI=1S/C26H14Cl4FN3O2/c1-2-13-3-4-14(10-20(13)28)22-23(26(22,29)30)25(36)33-17-6-7-19(27)18(11-17)24(35)34-21-8-5-16(31)9-15(21)12-32/h1,3-11,22-23H,(H,33,36)(H,34,35). The highest BCUT2D eigenvalue weighted by Crippen LogP contribution is 2.65. The molecule has 180 valence electrons. The summed E-state index contributed by atoms with van der Waals surface area (Å²) in [6, 6.07) is 14.5. The largest absolute Gasteiger partial charge is 0.326 e. The summed E-state index contributed by atoms with van der Waals surface area (Å²) >= 11 is 25.2. The Labute approximate surface area is 226 Å². The topological polar surface area (TPSA) is 82.0 Å². The van der Waals surface area contributed by atoms with Crippen molar-refractivity contribution >= 4 is 69.6 Å². The minimum atomic E-state index is -1.37. The first-order valence-electron chi connectivity index (χ1n) is 10.3. The van der Waals surface area contributed by atoms with Crippen LogP contribution in [0.4, 0.5) is 15.8 Å². The Morgan fingerprint density at radius 2 is 1.72 bits per heavy atom. The lowest BCUT2D eigenvalue weighted by Gasteiger charge is -2.11. The average molecular weight is 561 g/mol. The lowest BCUT2D eigenvalue weighted by Crippen LogP contribution is -2.18. The molecule has 5 nitrogen and oxygen atoms in total. The van der Waals surface area contributed by atoms with E-state index in [-0.39, 0.29) is 27.5 Å². The molecule has 2 N–H and O–H groups in total. The van der Waals surface area contributed by atoms with Gasteiger partial charge in [-0.05, 0) is 54.1 Å². The number of anilines is 2. The van der Waals surface area contributed by atoms with Crippen LogP contribution in [0.25, 0.3) is 0 Å². The number of hydrogen-bond donors (Lipinski definition) is 2. The lowest BCUT2D eigenvalue weighted by atomic mass is 10.1. The summed E-state index contributed by atoms with van der Waals surface area (Å²) in [6.07, 6.45) is 5.40. The average Bonchev–Trinajstić information content (AvgIpc) is 3.43. The summed E-state index contributed by atoms with van der Waals surface area (Å²) in [6.45, 7) is 0. The summed E-state index contributed by atoms with van der Waals surface area (Å²) in [4.78, 5) is 25.8. The van der Waals surface area contributed by atoms with Crippen molar-refractivity contribution in [3.8, 4) is 18.4 Å². The number of alkyl halides is 2. The van der Waals surface area contributed by atoms with E-state index < -0.39 is 33.8 Å². The maximum Gasteiger partial charge on any atom is 0.257 e. The van der Waals surface area contributed by atoms with E-state index in [0.717, 1.165) is 12.1 Å². The van der Waals surface area contributed by atoms with Crippen LogP contribution in [0.3, 0.4) is 0 Å². The van der Waals surface area contributed by atoms with Gasteiger partial charge in [0.2, 0.25) is 5.91 Å². The fourth-order valence-electron chi connectivity index (χ4n) is 3.81. The van der Waals surface area contributed by atoms with Gasteiger partial charge in [-0.25, -0.2) is 4.39 Å². The summed E-state index contributed by atoms with van der Waals surface area (Å²) in [5.41, 5.74) is 1.51. The third-order valence-electron chi connectivity index (χ3n) is 5.67. The fourth-order valence-corrected chi connectivity index (χ4v) is 5.09. The molecule has 0 spiro atoms. The molecule has 3 aromatic carbocycles. The normalized spacial score (nSPS) is 17.4. The van der Waals surface area contributed by atoms with Gasteiger partial charge in [0.15, 0.2) is 0 Å². The Balaban J connectivity index is 1.52. The lowest BCUT2D eigenvalue weighted by molar-refractivity contribution is -0.117. The van der Waals surface area contributed by atoms with Crippen molar-refractivity contribution in [1.29, 1.82) is 5.26 Å². The Kier molecular flexibility index (Phi) is 7.18. The molecule has 3 aromatic rings.